The molecule has 126 valence electrons. The first-order valence-electron chi connectivity index (χ1n) is 8.85. The summed E-state index contributed by atoms with van der Waals surface area (Å²) in [6.07, 6.45) is 8.82. The van der Waals surface area contributed by atoms with E-state index in [-0.39, 0.29) is 11.8 Å². The van der Waals surface area contributed by atoms with Crippen LogP contribution in [0, 0.1) is 5.92 Å². The van der Waals surface area contributed by atoms with Crippen molar-refractivity contribution in [1.29, 1.82) is 0 Å². The first-order valence-corrected chi connectivity index (χ1v) is 8.85. The molecule has 5 nitrogen and oxygen atoms in total. The van der Waals surface area contributed by atoms with Gasteiger partial charge < -0.3 is 15.5 Å². The molecule has 0 radical (unpaired) electrons. The molecular formula is C17H31N3O2. The highest BCUT2D eigenvalue weighted by Crippen LogP contribution is 2.26. The summed E-state index contributed by atoms with van der Waals surface area (Å²) in [4.78, 5) is 26.5. The van der Waals surface area contributed by atoms with Gasteiger partial charge >= 0.3 is 0 Å². The van der Waals surface area contributed by atoms with Crippen molar-refractivity contribution in [2.24, 2.45) is 5.92 Å². The minimum atomic E-state index is -0.410. The predicted octanol–water partition coefficient (Wildman–Crippen LogP) is 1.67. The van der Waals surface area contributed by atoms with Gasteiger partial charge in [-0.05, 0) is 45.6 Å². The highest BCUT2D eigenvalue weighted by atomic mass is 16.2. The Hall–Kier alpha value is -1.10. The lowest BCUT2D eigenvalue weighted by atomic mass is 9.87. The smallest absolute Gasteiger partial charge is 0.244 e. The molecule has 2 amide bonds. The number of nitrogens with zero attached hydrogens (tertiary/aromatic N) is 1. The lowest BCUT2D eigenvalue weighted by Gasteiger charge is -2.34. The number of likely N-dealkylation sites (N-methyl/N-ethyl adjacent to an activating group) is 1. The molecule has 1 aliphatic carbocycles. The van der Waals surface area contributed by atoms with Crippen molar-refractivity contribution < 1.29 is 9.59 Å². The normalized spacial score (nSPS) is 24.8. The number of piperidine rings is 1. The quantitative estimate of drug-likeness (QED) is 0.812. The van der Waals surface area contributed by atoms with Gasteiger partial charge in [0.15, 0.2) is 0 Å². The van der Waals surface area contributed by atoms with Crippen LogP contribution in [-0.2, 0) is 9.59 Å². The molecule has 1 heterocycles. The zero-order chi connectivity index (χ0) is 15.9. The minimum Gasteiger partial charge on any atom is -0.345 e. The van der Waals surface area contributed by atoms with Crippen LogP contribution in [0.25, 0.3) is 0 Å². The van der Waals surface area contributed by atoms with Crippen LogP contribution in [0.15, 0.2) is 0 Å². The Morgan fingerprint density at radius 2 is 1.86 bits per heavy atom. The molecule has 1 saturated heterocycles. The van der Waals surface area contributed by atoms with Crippen LogP contribution in [0.5, 0.6) is 0 Å². The highest BCUT2D eigenvalue weighted by Gasteiger charge is 2.27. The van der Waals surface area contributed by atoms with Gasteiger partial charge in [0.1, 0.15) is 6.04 Å². The summed E-state index contributed by atoms with van der Waals surface area (Å²) < 4.78 is 0. The second kappa shape index (κ2) is 8.51. The summed E-state index contributed by atoms with van der Waals surface area (Å²) in [6.45, 7) is 3.36. The fourth-order valence-corrected chi connectivity index (χ4v) is 3.70. The summed E-state index contributed by atoms with van der Waals surface area (Å²) in [5.41, 5.74) is 0. The van der Waals surface area contributed by atoms with Gasteiger partial charge in [-0.15, -0.1) is 0 Å². The van der Waals surface area contributed by atoms with Crippen molar-refractivity contribution >= 4 is 11.8 Å². The molecule has 0 spiro atoms. The van der Waals surface area contributed by atoms with Crippen LogP contribution in [-0.4, -0.2) is 48.9 Å². The zero-order valence-corrected chi connectivity index (χ0v) is 14.1. The molecule has 2 N–H and O–H groups in total. The number of amides is 2. The van der Waals surface area contributed by atoms with E-state index < -0.39 is 6.04 Å². The minimum absolute atomic E-state index is 0.0370. The first kappa shape index (κ1) is 17.3. The number of rotatable bonds is 5. The summed E-state index contributed by atoms with van der Waals surface area (Å²) in [6, 6.07) is -0.0328. The molecule has 5 heteroatoms. The molecule has 2 atom stereocenters. The first-order chi connectivity index (χ1) is 10.6. The van der Waals surface area contributed by atoms with E-state index in [1.54, 1.807) is 0 Å². The molecular weight excluding hydrogens is 278 g/mol. The van der Waals surface area contributed by atoms with Crippen LogP contribution in [0.1, 0.15) is 58.3 Å². The van der Waals surface area contributed by atoms with E-state index in [9.17, 15) is 9.59 Å². The average Bonchev–Trinajstić information content (AvgIpc) is 2.55. The van der Waals surface area contributed by atoms with Gasteiger partial charge in [-0.3, -0.25) is 9.59 Å². The maximum Gasteiger partial charge on any atom is 0.244 e. The van der Waals surface area contributed by atoms with E-state index >= 15 is 0 Å². The summed E-state index contributed by atoms with van der Waals surface area (Å²) >= 11 is 0. The van der Waals surface area contributed by atoms with Crippen molar-refractivity contribution in [3.63, 3.8) is 0 Å². The summed E-state index contributed by atoms with van der Waals surface area (Å²) in [7, 11) is 1.94. The number of carbonyl (C=O) groups is 2. The van der Waals surface area contributed by atoms with Crippen LogP contribution in [0.2, 0.25) is 0 Å². The molecule has 22 heavy (non-hydrogen) atoms. The maximum absolute atomic E-state index is 12.5. The molecule has 1 saturated carbocycles. The average molecular weight is 309 g/mol. The fourth-order valence-electron chi connectivity index (χ4n) is 3.70. The third-order valence-corrected chi connectivity index (χ3v) is 5.09. The highest BCUT2D eigenvalue weighted by molar-refractivity contribution is 5.87. The van der Waals surface area contributed by atoms with Crippen molar-refractivity contribution in [1.82, 2.24) is 15.5 Å². The van der Waals surface area contributed by atoms with E-state index in [1.807, 2.05) is 18.9 Å². The van der Waals surface area contributed by atoms with Gasteiger partial charge in [0.2, 0.25) is 11.8 Å². The van der Waals surface area contributed by atoms with Crippen molar-refractivity contribution in [3.05, 3.63) is 0 Å². The lowest BCUT2D eigenvalue weighted by molar-refractivity contribution is -0.137. The Morgan fingerprint density at radius 3 is 2.55 bits per heavy atom. The topological polar surface area (TPSA) is 61.4 Å². The molecule has 2 rings (SSSR count). The molecule has 0 aromatic rings. The van der Waals surface area contributed by atoms with E-state index in [1.165, 1.54) is 19.3 Å². The molecule has 0 aromatic carbocycles. The van der Waals surface area contributed by atoms with E-state index in [0.29, 0.717) is 18.4 Å². The number of hydrogen-bond acceptors (Lipinski definition) is 3. The van der Waals surface area contributed by atoms with Crippen LogP contribution in [0.3, 0.4) is 0 Å². The summed E-state index contributed by atoms with van der Waals surface area (Å²) in [5.74, 6) is 0.603. The fraction of sp³-hybridized carbons (Fsp3) is 0.882. The van der Waals surface area contributed by atoms with Gasteiger partial charge in [0.05, 0.1) is 0 Å². The predicted molar refractivity (Wildman–Crippen MR) is 87.5 cm³/mol. The molecule has 0 aromatic heterocycles. The van der Waals surface area contributed by atoms with Gasteiger partial charge in [-0.1, -0.05) is 19.3 Å². The summed E-state index contributed by atoms with van der Waals surface area (Å²) in [5, 5.41) is 6.15. The van der Waals surface area contributed by atoms with E-state index in [2.05, 4.69) is 10.6 Å². The second-order valence-corrected chi connectivity index (χ2v) is 6.91. The van der Waals surface area contributed by atoms with Crippen LogP contribution >= 0.6 is 0 Å². The van der Waals surface area contributed by atoms with Crippen molar-refractivity contribution in [3.8, 4) is 0 Å². The maximum atomic E-state index is 12.5. The Bertz CT molecular complexity index is 380. The van der Waals surface area contributed by atoms with Gasteiger partial charge in [-0.25, -0.2) is 0 Å². The number of hydrogen-bond donors (Lipinski definition) is 2. The third-order valence-electron chi connectivity index (χ3n) is 5.09. The third kappa shape index (κ3) is 4.97. The van der Waals surface area contributed by atoms with Crippen LogP contribution < -0.4 is 10.6 Å². The van der Waals surface area contributed by atoms with E-state index in [4.69, 9.17) is 0 Å². The molecule has 0 bridgehead atoms. The monoisotopic (exact) mass is 309 g/mol. The van der Waals surface area contributed by atoms with Gasteiger partial charge in [0, 0.05) is 25.6 Å². The Balaban J connectivity index is 1.76. The molecule has 2 aliphatic rings. The van der Waals surface area contributed by atoms with E-state index in [0.717, 1.165) is 38.8 Å². The molecule has 2 fully saturated rings. The molecule has 1 aliphatic heterocycles. The van der Waals surface area contributed by atoms with Crippen molar-refractivity contribution in [2.45, 2.75) is 70.4 Å². The van der Waals surface area contributed by atoms with Gasteiger partial charge in [-0.2, -0.15) is 0 Å². The molecule has 2 unspecified atom stereocenters. The van der Waals surface area contributed by atoms with Crippen molar-refractivity contribution in [2.75, 3.05) is 20.1 Å². The van der Waals surface area contributed by atoms with Crippen LogP contribution in [0.4, 0.5) is 0 Å². The standard InChI is InChI=1S/C17H31N3O2/c1-13(17(22)20-10-6-9-15(12-20)18-2)19-16(21)11-14-7-4-3-5-8-14/h13-15,18H,3-12H2,1-2H3,(H,19,21). The number of carbonyl (C=O) groups excluding carboxylic acids is 2. The van der Waals surface area contributed by atoms with Gasteiger partial charge in [0.25, 0.3) is 0 Å². The lowest BCUT2D eigenvalue weighted by Crippen LogP contribution is -2.53. The largest absolute Gasteiger partial charge is 0.345 e. The number of nitrogens with one attached hydrogen (secondary N) is 2. The SMILES string of the molecule is CNC1CCCN(C(=O)C(C)NC(=O)CC2CCCCC2)C1. The number of likely N-dealkylation sites (tertiary alicyclic amines) is 1. The Labute approximate surface area is 134 Å². The Kier molecular flexibility index (Phi) is 6.68. The second-order valence-electron chi connectivity index (χ2n) is 6.91. The Morgan fingerprint density at radius 1 is 1.14 bits per heavy atom. The zero-order valence-electron chi connectivity index (χ0n) is 14.1.